The van der Waals surface area contributed by atoms with Crippen LogP contribution in [-0.4, -0.2) is 28.7 Å². The molecule has 11 heteroatoms. The molecule has 0 aromatic heterocycles. The molecular formula is C24H12Cl4F2N2O3. The van der Waals surface area contributed by atoms with Gasteiger partial charge < -0.3 is 4.90 Å². The Labute approximate surface area is 217 Å². The first-order chi connectivity index (χ1) is 16.5. The standard InChI is InChI=1S/C24H12Cl4F2N2O3/c1-9-5-6-12(8-13(9)30)31-20(10-3-2-4-11(29)7-10)21(24(31)35)32-22(33)14-15(23(32)34)17(26)19(28)18(27)16(14)25/h2-8,20-21H,1H3/t20-,21-/m0/s1. The summed E-state index contributed by atoms with van der Waals surface area (Å²) in [6.07, 6.45) is 0. The van der Waals surface area contributed by atoms with Crippen LogP contribution in [0.4, 0.5) is 14.5 Å². The largest absolute Gasteiger partial charge is 0.300 e. The summed E-state index contributed by atoms with van der Waals surface area (Å²) in [6.45, 7) is 1.56. The summed E-state index contributed by atoms with van der Waals surface area (Å²) in [5.74, 6) is -3.63. The molecule has 2 aliphatic rings. The van der Waals surface area contributed by atoms with Gasteiger partial charge in [0.05, 0.1) is 37.3 Å². The topological polar surface area (TPSA) is 57.7 Å². The van der Waals surface area contributed by atoms with Gasteiger partial charge in [-0.05, 0) is 42.3 Å². The molecule has 0 spiro atoms. The lowest BCUT2D eigenvalue weighted by molar-refractivity contribution is -0.130. The number of benzene rings is 3. The number of anilines is 1. The highest BCUT2D eigenvalue weighted by atomic mass is 35.5. The molecule has 3 aromatic rings. The zero-order chi connectivity index (χ0) is 25.3. The molecule has 178 valence electrons. The van der Waals surface area contributed by atoms with E-state index in [1.807, 2.05) is 0 Å². The summed E-state index contributed by atoms with van der Waals surface area (Å²) < 4.78 is 28.4. The number of carbonyl (C=O) groups excluding carboxylic acids is 3. The number of amides is 3. The second-order valence-corrected chi connectivity index (χ2v) is 9.58. The van der Waals surface area contributed by atoms with Crippen molar-refractivity contribution in [2.24, 2.45) is 0 Å². The lowest BCUT2D eigenvalue weighted by Gasteiger charge is -2.49. The van der Waals surface area contributed by atoms with Gasteiger partial charge in [-0.3, -0.25) is 19.3 Å². The minimum Gasteiger partial charge on any atom is -0.300 e. The van der Waals surface area contributed by atoms with E-state index in [2.05, 4.69) is 0 Å². The Morgan fingerprint density at radius 1 is 0.743 bits per heavy atom. The third-order valence-electron chi connectivity index (χ3n) is 6.10. The molecular weight excluding hydrogens is 544 g/mol. The van der Waals surface area contributed by atoms with Gasteiger partial charge in [0.15, 0.2) is 0 Å². The lowest BCUT2D eigenvalue weighted by atomic mass is 9.86. The molecule has 0 aliphatic carbocycles. The van der Waals surface area contributed by atoms with E-state index < -0.39 is 41.4 Å². The first-order valence-corrected chi connectivity index (χ1v) is 11.6. The normalized spacial score (nSPS) is 19.3. The smallest absolute Gasteiger partial charge is 0.264 e. The van der Waals surface area contributed by atoms with E-state index in [4.69, 9.17) is 46.4 Å². The van der Waals surface area contributed by atoms with E-state index >= 15 is 0 Å². The molecule has 2 atom stereocenters. The van der Waals surface area contributed by atoms with Gasteiger partial charge in [0, 0.05) is 5.69 Å². The number of nitrogens with zero attached hydrogens (tertiary/aromatic N) is 2. The number of hydrogen-bond donors (Lipinski definition) is 0. The number of hydrogen-bond acceptors (Lipinski definition) is 3. The van der Waals surface area contributed by atoms with Gasteiger partial charge in [-0.2, -0.15) is 0 Å². The molecule has 0 unspecified atom stereocenters. The SMILES string of the molecule is Cc1ccc(N2C(=O)[C@@H](N3C(=O)c4c(Cl)c(Cl)c(Cl)c(Cl)c4C3=O)[C@@H]2c2cccc(F)c2)cc1F. The minimum absolute atomic E-state index is 0.183. The first kappa shape index (κ1) is 24.0. The number of rotatable bonds is 3. The van der Waals surface area contributed by atoms with Crippen LogP contribution in [0.15, 0.2) is 42.5 Å². The molecule has 5 nitrogen and oxygen atoms in total. The maximum atomic E-state index is 14.3. The number of β-lactam (4-membered cyclic amide) rings is 1. The quantitative estimate of drug-likeness (QED) is 0.157. The third-order valence-corrected chi connectivity index (χ3v) is 7.90. The zero-order valence-electron chi connectivity index (χ0n) is 17.6. The van der Waals surface area contributed by atoms with Crippen molar-refractivity contribution in [1.29, 1.82) is 0 Å². The van der Waals surface area contributed by atoms with Crippen molar-refractivity contribution in [3.8, 4) is 0 Å². The van der Waals surface area contributed by atoms with E-state index in [9.17, 15) is 23.2 Å². The number of halogens is 6. The van der Waals surface area contributed by atoms with Crippen LogP contribution in [0, 0.1) is 18.6 Å². The molecule has 35 heavy (non-hydrogen) atoms. The molecule has 2 aliphatic heterocycles. The highest BCUT2D eigenvalue weighted by Crippen LogP contribution is 2.49. The fraction of sp³-hybridized carbons (Fsp3) is 0.125. The van der Waals surface area contributed by atoms with Crippen molar-refractivity contribution >= 4 is 69.8 Å². The molecule has 0 saturated carbocycles. The van der Waals surface area contributed by atoms with Crippen molar-refractivity contribution in [3.05, 3.63) is 96.4 Å². The predicted octanol–water partition coefficient (Wildman–Crippen LogP) is 6.64. The van der Waals surface area contributed by atoms with E-state index in [0.29, 0.717) is 16.0 Å². The highest BCUT2D eigenvalue weighted by Gasteiger charge is 2.58. The summed E-state index contributed by atoms with van der Waals surface area (Å²) in [6, 6.07) is 7.13. The number of carbonyl (C=O) groups is 3. The monoisotopic (exact) mass is 554 g/mol. The van der Waals surface area contributed by atoms with Gasteiger partial charge in [0.25, 0.3) is 17.7 Å². The maximum absolute atomic E-state index is 14.3. The van der Waals surface area contributed by atoms with Crippen LogP contribution in [0.1, 0.15) is 37.9 Å². The Bertz CT molecular complexity index is 1430. The Morgan fingerprint density at radius 3 is 1.89 bits per heavy atom. The van der Waals surface area contributed by atoms with Crippen LogP contribution in [0.3, 0.4) is 0 Å². The molecule has 2 heterocycles. The summed E-state index contributed by atoms with van der Waals surface area (Å²) in [5.41, 5.74) is 0.283. The van der Waals surface area contributed by atoms with Gasteiger partial charge in [0.2, 0.25) is 0 Å². The van der Waals surface area contributed by atoms with Crippen LogP contribution in [-0.2, 0) is 4.79 Å². The van der Waals surface area contributed by atoms with Gasteiger partial charge in [-0.1, -0.05) is 64.6 Å². The zero-order valence-corrected chi connectivity index (χ0v) is 20.6. The number of fused-ring (bicyclic) bond motifs is 1. The van der Waals surface area contributed by atoms with Crippen molar-refractivity contribution in [3.63, 3.8) is 0 Å². The average Bonchev–Trinajstić information content (AvgIpc) is 3.07. The van der Waals surface area contributed by atoms with Gasteiger partial charge in [-0.25, -0.2) is 8.78 Å². The Morgan fingerprint density at radius 2 is 1.34 bits per heavy atom. The van der Waals surface area contributed by atoms with Gasteiger partial charge in [-0.15, -0.1) is 0 Å². The fourth-order valence-electron chi connectivity index (χ4n) is 4.39. The van der Waals surface area contributed by atoms with Crippen molar-refractivity contribution < 1.29 is 23.2 Å². The summed E-state index contributed by atoms with van der Waals surface area (Å²) in [5, 5.41) is -0.969. The first-order valence-electron chi connectivity index (χ1n) is 10.1. The molecule has 0 bridgehead atoms. The fourth-order valence-corrected chi connectivity index (χ4v) is 5.40. The Balaban J connectivity index is 1.65. The van der Waals surface area contributed by atoms with E-state index in [1.54, 1.807) is 6.92 Å². The molecule has 5 rings (SSSR count). The Kier molecular flexibility index (Phi) is 5.79. The highest BCUT2D eigenvalue weighted by molar-refractivity contribution is 6.55. The number of aryl methyl sites for hydroxylation is 1. The second-order valence-electron chi connectivity index (χ2n) is 8.07. The molecule has 3 amide bonds. The van der Waals surface area contributed by atoms with Crippen molar-refractivity contribution in [1.82, 2.24) is 4.90 Å². The summed E-state index contributed by atoms with van der Waals surface area (Å²) in [4.78, 5) is 42.1. The van der Waals surface area contributed by atoms with Crippen molar-refractivity contribution in [2.45, 2.75) is 19.0 Å². The van der Waals surface area contributed by atoms with Crippen LogP contribution in [0.2, 0.25) is 20.1 Å². The summed E-state index contributed by atoms with van der Waals surface area (Å²) >= 11 is 24.6. The maximum Gasteiger partial charge on any atom is 0.264 e. The Hall–Kier alpha value is -2.71. The van der Waals surface area contributed by atoms with E-state index in [-0.39, 0.29) is 36.9 Å². The van der Waals surface area contributed by atoms with Crippen LogP contribution < -0.4 is 4.90 Å². The molecule has 3 aromatic carbocycles. The molecule has 1 fully saturated rings. The molecule has 1 saturated heterocycles. The van der Waals surface area contributed by atoms with Crippen LogP contribution in [0.5, 0.6) is 0 Å². The number of imide groups is 1. The average molecular weight is 556 g/mol. The predicted molar refractivity (Wildman–Crippen MR) is 129 cm³/mol. The van der Waals surface area contributed by atoms with E-state index in [0.717, 1.165) is 6.07 Å². The molecule has 0 radical (unpaired) electrons. The van der Waals surface area contributed by atoms with Crippen LogP contribution in [0.25, 0.3) is 0 Å². The van der Waals surface area contributed by atoms with E-state index in [1.165, 1.54) is 41.3 Å². The second kappa shape index (κ2) is 8.45. The molecule has 0 N–H and O–H groups in total. The van der Waals surface area contributed by atoms with Gasteiger partial charge in [0.1, 0.15) is 17.7 Å². The lowest BCUT2D eigenvalue weighted by Crippen LogP contribution is -2.67. The van der Waals surface area contributed by atoms with Crippen LogP contribution >= 0.6 is 46.4 Å². The minimum atomic E-state index is -1.38. The summed E-state index contributed by atoms with van der Waals surface area (Å²) in [7, 11) is 0. The van der Waals surface area contributed by atoms with Crippen molar-refractivity contribution in [2.75, 3.05) is 4.90 Å². The van der Waals surface area contributed by atoms with Gasteiger partial charge >= 0.3 is 0 Å². The third kappa shape index (κ3) is 3.44.